The molecule has 2 saturated heterocycles. The minimum Gasteiger partial charge on any atom is -0.297 e. The van der Waals surface area contributed by atoms with Crippen LogP contribution >= 0.6 is 0 Å². The molecule has 3 N–H and O–H groups in total. The van der Waals surface area contributed by atoms with Gasteiger partial charge in [0.15, 0.2) is 0 Å². The highest BCUT2D eigenvalue weighted by atomic mass is 15.5. The number of hydrogen-bond acceptors (Lipinski definition) is 3. The van der Waals surface area contributed by atoms with E-state index >= 15 is 0 Å². The Balaban J connectivity index is 1.82. The monoisotopic (exact) mass is 153 g/mol. The van der Waals surface area contributed by atoms with Gasteiger partial charge < -0.3 is 0 Å². The summed E-state index contributed by atoms with van der Waals surface area (Å²) in [4.78, 5) is 0. The second-order valence-electron chi connectivity index (χ2n) is 4.01. The van der Waals surface area contributed by atoms with Crippen LogP contribution < -0.4 is 16.2 Å². The molecule has 0 radical (unpaired) electrons. The topological polar surface area (TPSA) is 36.1 Å². The summed E-state index contributed by atoms with van der Waals surface area (Å²) in [7, 11) is 0. The first kappa shape index (κ1) is 6.40. The first-order chi connectivity index (χ1) is 5.45. The molecule has 0 spiro atoms. The molecule has 11 heavy (non-hydrogen) atoms. The van der Waals surface area contributed by atoms with Gasteiger partial charge in [0.1, 0.15) is 0 Å². The van der Waals surface area contributed by atoms with Gasteiger partial charge in [0, 0.05) is 18.0 Å². The molecule has 0 amide bonds. The number of rotatable bonds is 0. The molecule has 4 atom stereocenters. The molecule has 3 fully saturated rings. The van der Waals surface area contributed by atoms with E-state index in [4.69, 9.17) is 0 Å². The molecule has 3 rings (SSSR count). The van der Waals surface area contributed by atoms with E-state index in [0.29, 0.717) is 6.17 Å². The lowest BCUT2D eigenvalue weighted by Gasteiger charge is -2.41. The maximum Gasteiger partial charge on any atom is 0.0765 e. The predicted octanol–water partition coefficient (Wildman–Crippen LogP) is -0.0491. The zero-order chi connectivity index (χ0) is 7.26. The van der Waals surface area contributed by atoms with E-state index in [1.54, 1.807) is 0 Å². The quantitative estimate of drug-likeness (QED) is 0.457. The third-order valence-corrected chi connectivity index (χ3v) is 3.41. The van der Waals surface area contributed by atoms with Crippen LogP contribution in [0.5, 0.6) is 0 Å². The molecule has 3 nitrogen and oxygen atoms in total. The second kappa shape index (κ2) is 2.19. The zero-order valence-corrected chi connectivity index (χ0v) is 6.64. The number of hydrogen-bond donors (Lipinski definition) is 3. The summed E-state index contributed by atoms with van der Waals surface area (Å²) in [6, 6.07) is 1.57. The van der Waals surface area contributed by atoms with Crippen molar-refractivity contribution in [3.05, 3.63) is 0 Å². The minimum atomic E-state index is 0.586. The van der Waals surface area contributed by atoms with Crippen molar-refractivity contribution >= 4 is 0 Å². The minimum absolute atomic E-state index is 0.586. The van der Waals surface area contributed by atoms with Crippen molar-refractivity contribution in [2.75, 3.05) is 0 Å². The molecule has 0 aromatic carbocycles. The third kappa shape index (κ3) is 0.789. The van der Waals surface area contributed by atoms with Crippen LogP contribution in [0, 0.1) is 5.92 Å². The zero-order valence-electron chi connectivity index (χ0n) is 6.64. The molecule has 3 aliphatic rings. The van der Waals surface area contributed by atoms with E-state index in [0.717, 1.165) is 18.0 Å². The number of hydrazine groups is 1. The Morgan fingerprint density at radius 2 is 1.73 bits per heavy atom. The van der Waals surface area contributed by atoms with Crippen LogP contribution in [0.2, 0.25) is 0 Å². The van der Waals surface area contributed by atoms with E-state index in [1.165, 1.54) is 25.7 Å². The highest BCUT2D eigenvalue weighted by molar-refractivity contribution is 5.06. The summed E-state index contributed by atoms with van der Waals surface area (Å²) in [6.45, 7) is 0. The Bertz CT molecular complexity index is 169. The van der Waals surface area contributed by atoms with E-state index in [-0.39, 0.29) is 0 Å². The van der Waals surface area contributed by atoms with Gasteiger partial charge in [-0.3, -0.25) is 10.7 Å². The molecule has 0 aromatic rings. The van der Waals surface area contributed by atoms with Gasteiger partial charge in [0.05, 0.1) is 6.17 Å². The average Bonchev–Trinajstić information content (AvgIpc) is 2.21. The van der Waals surface area contributed by atoms with Crippen molar-refractivity contribution < 1.29 is 0 Å². The lowest BCUT2D eigenvalue weighted by atomic mass is 9.82. The van der Waals surface area contributed by atoms with Crippen LogP contribution in [0.25, 0.3) is 0 Å². The van der Waals surface area contributed by atoms with Gasteiger partial charge in [-0.2, -0.15) is 0 Å². The molecule has 0 bridgehead atoms. The van der Waals surface area contributed by atoms with Gasteiger partial charge in [0.25, 0.3) is 0 Å². The van der Waals surface area contributed by atoms with Crippen LogP contribution in [0.1, 0.15) is 25.7 Å². The first-order valence-corrected chi connectivity index (χ1v) is 4.72. The van der Waals surface area contributed by atoms with Crippen molar-refractivity contribution in [1.29, 1.82) is 0 Å². The maximum absolute atomic E-state index is 3.54. The average molecular weight is 153 g/mol. The van der Waals surface area contributed by atoms with E-state index in [1.807, 2.05) is 0 Å². The van der Waals surface area contributed by atoms with Crippen molar-refractivity contribution in [1.82, 2.24) is 16.2 Å². The molecule has 62 valence electrons. The van der Waals surface area contributed by atoms with E-state index in [9.17, 15) is 0 Å². The predicted molar refractivity (Wildman–Crippen MR) is 42.7 cm³/mol. The highest BCUT2D eigenvalue weighted by Crippen LogP contribution is 2.34. The highest BCUT2D eigenvalue weighted by Gasteiger charge is 2.49. The summed E-state index contributed by atoms with van der Waals surface area (Å²) >= 11 is 0. The normalized spacial score (nSPS) is 54.5. The summed E-state index contributed by atoms with van der Waals surface area (Å²) in [5, 5.41) is 3.54. The SMILES string of the molecule is C1CCC2NC3NNC(C1)C23. The molecular formula is C8H15N3. The van der Waals surface area contributed by atoms with Gasteiger partial charge in [-0.05, 0) is 12.8 Å². The van der Waals surface area contributed by atoms with Crippen LogP contribution in [-0.4, -0.2) is 18.2 Å². The van der Waals surface area contributed by atoms with Crippen molar-refractivity contribution in [2.45, 2.75) is 43.9 Å². The molecule has 3 heteroatoms. The van der Waals surface area contributed by atoms with Crippen LogP contribution in [-0.2, 0) is 0 Å². The van der Waals surface area contributed by atoms with Gasteiger partial charge in [-0.1, -0.05) is 12.8 Å². The fourth-order valence-corrected chi connectivity index (χ4v) is 2.78. The summed E-state index contributed by atoms with van der Waals surface area (Å²) in [5.41, 5.74) is 6.67. The lowest BCUT2D eigenvalue weighted by Crippen LogP contribution is -2.64. The fourth-order valence-electron chi connectivity index (χ4n) is 2.78. The van der Waals surface area contributed by atoms with Crippen LogP contribution in [0.15, 0.2) is 0 Å². The number of nitrogens with one attached hydrogen (secondary N) is 3. The van der Waals surface area contributed by atoms with Crippen LogP contribution in [0.3, 0.4) is 0 Å². The smallest absolute Gasteiger partial charge is 0.0765 e. The Hall–Kier alpha value is -0.120. The lowest BCUT2D eigenvalue weighted by molar-refractivity contribution is 0.146. The van der Waals surface area contributed by atoms with Crippen molar-refractivity contribution in [2.24, 2.45) is 5.92 Å². The molecule has 2 aliphatic heterocycles. The Morgan fingerprint density at radius 3 is 2.64 bits per heavy atom. The molecule has 0 aromatic heterocycles. The van der Waals surface area contributed by atoms with Crippen LogP contribution in [0.4, 0.5) is 0 Å². The van der Waals surface area contributed by atoms with Crippen molar-refractivity contribution in [3.63, 3.8) is 0 Å². The maximum atomic E-state index is 3.54. The molecule has 2 heterocycles. The molecule has 1 saturated carbocycles. The second-order valence-corrected chi connectivity index (χ2v) is 4.01. The Morgan fingerprint density at radius 1 is 0.909 bits per heavy atom. The molecular weight excluding hydrogens is 138 g/mol. The summed E-state index contributed by atoms with van der Waals surface area (Å²) in [6.07, 6.45) is 6.16. The van der Waals surface area contributed by atoms with E-state index in [2.05, 4.69) is 16.2 Å². The molecule has 1 aliphatic carbocycles. The van der Waals surface area contributed by atoms with Gasteiger partial charge >= 0.3 is 0 Å². The standard InChI is InChI=1S/C8H15N3/c1-2-4-6-7-5(3-1)9-8(7)11-10-6/h5-11H,1-4H2. The van der Waals surface area contributed by atoms with Crippen molar-refractivity contribution in [3.8, 4) is 0 Å². The van der Waals surface area contributed by atoms with Gasteiger partial charge in [0.2, 0.25) is 0 Å². The Kier molecular flexibility index (Phi) is 1.27. The summed E-state index contributed by atoms with van der Waals surface area (Å²) < 4.78 is 0. The third-order valence-electron chi connectivity index (χ3n) is 3.41. The van der Waals surface area contributed by atoms with Gasteiger partial charge in [-0.25, -0.2) is 5.43 Å². The summed E-state index contributed by atoms with van der Waals surface area (Å²) in [5.74, 6) is 0.887. The fraction of sp³-hybridized carbons (Fsp3) is 1.00. The Labute approximate surface area is 66.9 Å². The molecule has 4 unspecified atom stereocenters. The van der Waals surface area contributed by atoms with Gasteiger partial charge in [-0.15, -0.1) is 0 Å². The first-order valence-electron chi connectivity index (χ1n) is 4.72. The van der Waals surface area contributed by atoms with E-state index < -0.39 is 0 Å². The largest absolute Gasteiger partial charge is 0.297 e.